The zero-order valence-electron chi connectivity index (χ0n) is 13.2. The van der Waals surface area contributed by atoms with Crippen molar-refractivity contribution >= 4 is 33.4 Å². The number of amides is 2. The molecule has 0 saturated carbocycles. The number of hydrogen-bond donors (Lipinski definition) is 1. The molecule has 3 rings (SSSR count). The fourth-order valence-corrected chi connectivity index (χ4v) is 2.95. The van der Waals surface area contributed by atoms with Crippen molar-refractivity contribution in [2.75, 3.05) is 11.4 Å². The van der Waals surface area contributed by atoms with E-state index >= 15 is 0 Å². The molecule has 6 heteroatoms. The second kappa shape index (κ2) is 7.57. The van der Waals surface area contributed by atoms with Crippen LogP contribution in [0.3, 0.4) is 0 Å². The van der Waals surface area contributed by atoms with Gasteiger partial charge < -0.3 is 10.2 Å². The van der Waals surface area contributed by atoms with Gasteiger partial charge in [-0.15, -0.1) is 0 Å². The van der Waals surface area contributed by atoms with Crippen LogP contribution in [0.25, 0.3) is 0 Å². The third kappa shape index (κ3) is 4.20. The Morgan fingerprint density at radius 3 is 2.71 bits per heavy atom. The highest BCUT2D eigenvalue weighted by Gasteiger charge is 2.22. The van der Waals surface area contributed by atoms with Gasteiger partial charge >= 0.3 is 0 Å². The van der Waals surface area contributed by atoms with Crippen molar-refractivity contribution in [1.82, 2.24) is 10.3 Å². The monoisotopic (exact) mass is 387 g/mol. The van der Waals surface area contributed by atoms with Crippen LogP contribution in [-0.4, -0.2) is 23.3 Å². The van der Waals surface area contributed by atoms with E-state index in [9.17, 15) is 9.59 Å². The van der Waals surface area contributed by atoms with E-state index in [1.54, 1.807) is 17.3 Å². The maximum absolute atomic E-state index is 12.1. The van der Waals surface area contributed by atoms with E-state index in [0.717, 1.165) is 34.3 Å². The third-order valence-electron chi connectivity index (χ3n) is 3.93. The molecule has 0 unspecified atom stereocenters. The number of aromatic nitrogens is 1. The van der Waals surface area contributed by atoms with Gasteiger partial charge in [-0.3, -0.25) is 14.6 Å². The number of benzene rings is 1. The lowest BCUT2D eigenvalue weighted by Crippen LogP contribution is -2.26. The lowest BCUT2D eigenvalue weighted by molar-refractivity contribution is -0.120. The highest BCUT2D eigenvalue weighted by molar-refractivity contribution is 9.10. The predicted molar refractivity (Wildman–Crippen MR) is 95.5 cm³/mol. The molecule has 124 valence electrons. The lowest BCUT2D eigenvalue weighted by Gasteiger charge is -2.16. The highest BCUT2D eigenvalue weighted by atomic mass is 79.9. The third-order valence-corrected chi connectivity index (χ3v) is 4.46. The van der Waals surface area contributed by atoms with Crippen LogP contribution in [0.4, 0.5) is 5.69 Å². The smallest absolute Gasteiger partial charge is 0.227 e. The summed E-state index contributed by atoms with van der Waals surface area (Å²) in [4.78, 5) is 29.8. The van der Waals surface area contributed by atoms with Crippen LogP contribution in [-0.2, 0) is 22.6 Å². The quantitative estimate of drug-likeness (QED) is 0.857. The summed E-state index contributed by atoms with van der Waals surface area (Å²) in [5, 5.41) is 2.90. The summed E-state index contributed by atoms with van der Waals surface area (Å²) in [6.07, 6.45) is 5.21. The number of carbonyl (C=O) groups is 2. The topological polar surface area (TPSA) is 62.3 Å². The minimum atomic E-state index is -0.0417. The first kappa shape index (κ1) is 16.6. The molecule has 1 aliphatic rings. The predicted octanol–water partition coefficient (Wildman–Crippen LogP) is 2.83. The SMILES string of the molecule is O=C(Cc1ccc(Br)cc1)NCc1cncc(N2CCCC2=O)c1. The minimum absolute atomic E-state index is 0.0417. The molecule has 1 fully saturated rings. The van der Waals surface area contributed by atoms with Gasteiger partial charge in [0.15, 0.2) is 0 Å². The van der Waals surface area contributed by atoms with Gasteiger partial charge in [0.1, 0.15) is 0 Å². The summed E-state index contributed by atoms with van der Waals surface area (Å²) in [6.45, 7) is 1.14. The molecule has 1 saturated heterocycles. The Labute approximate surface area is 149 Å². The van der Waals surface area contributed by atoms with E-state index in [1.165, 1.54) is 0 Å². The first-order valence-corrected chi connectivity index (χ1v) is 8.66. The molecule has 0 aliphatic carbocycles. The Kier molecular flexibility index (Phi) is 5.25. The maximum Gasteiger partial charge on any atom is 0.227 e. The number of anilines is 1. The summed E-state index contributed by atoms with van der Waals surface area (Å²) in [5.74, 6) is 0.0909. The van der Waals surface area contributed by atoms with Crippen LogP contribution < -0.4 is 10.2 Å². The van der Waals surface area contributed by atoms with E-state index in [1.807, 2.05) is 30.3 Å². The van der Waals surface area contributed by atoms with Gasteiger partial charge in [-0.1, -0.05) is 28.1 Å². The maximum atomic E-state index is 12.1. The molecule has 2 aromatic rings. The molecule has 24 heavy (non-hydrogen) atoms. The molecule has 2 amide bonds. The van der Waals surface area contributed by atoms with Gasteiger partial charge in [-0.25, -0.2) is 0 Å². The fraction of sp³-hybridized carbons (Fsp3) is 0.278. The van der Waals surface area contributed by atoms with Crippen LogP contribution in [0.1, 0.15) is 24.0 Å². The number of pyridine rings is 1. The summed E-state index contributed by atoms with van der Waals surface area (Å²) in [6, 6.07) is 9.60. The molecule has 2 heterocycles. The van der Waals surface area contributed by atoms with Gasteiger partial charge in [0.25, 0.3) is 0 Å². The molecule has 0 radical (unpaired) electrons. The van der Waals surface area contributed by atoms with E-state index < -0.39 is 0 Å². The number of hydrogen-bond acceptors (Lipinski definition) is 3. The zero-order chi connectivity index (χ0) is 16.9. The highest BCUT2D eigenvalue weighted by Crippen LogP contribution is 2.21. The molecular weight excluding hydrogens is 370 g/mol. The molecule has 0 atom stereocenters. The van der Waals surface area contributed by atoms with E-state index in [2.05, 4.69) is 26.2 Å². The largest absolute Gasteiger partial charge is 0.352 e. The van der Waals surface area contributed by atoms with Crippen LogP contribution in [0.5, 0.6) is 0 Å². The molecule has 1 aromatic carbocycles. The van der Waals surface area contributed by atoms with Gasteiger partial charge in [0.2, 0.25) is 11.8 Å². The Morgan fingerprint density at radius 1 is 1.21 bits per heavy atom. The zero-order valence-corrected chi connectivity index (χ0v) is 14.8. The van der Waals surface area contributed by atoms with E-state index in [4.69, 9.17) is 0 Å². The van der Waals surface area contributed by atoms with Crippen molar-refractivity contribution < 1.29 is 9.59 Å². The van der Waals surface area contributed by atoms with Crippen molar-refractivity contribution in [3.63, 3.8) is 0 Å². The standard InChI is InChI=1S/C18H18BrN3O2/c19-15-5-3-13(4-6-15)9-17(23)21-11-14-8-16(12-20-10-14)22-7-1-2-18(22)24/h3-6,8,10,12H,1-2,7,9,11H2,(H,21,23). The van der Waals surface area contributed by atoms with Crippen LogP contribution in [0.2, 0.25) is 0 Å². The van der Waals surface area contributed by atoms with Gasteiger partial charge in [-0.05, 0) is 35.7 Å². The van der Waals surface area contributed by atoms with Crippen molar-refractivity contribution in [1.29, 1.82) is 0 Å². The number of rotatable bonds is 5. The van der Waals surface area contributed by atoms with E-state index in [-0.39, 0.29) is 11.8 Å². The minimum Gasteiger partial charge on any atom is -0.352 e. The van der Waals surface area contributed by atoms with Crippen LogP contribution >= 0.6 is 15.9 Å². The van der Waals surface area contributed by atoms with Crippen molar-refractivity contribution in [2.45, 2.75) is 25.8 Å². The average Bonchev–Trinajstić information content (AvgIpc) is 3.01. The van der Waals surface area contributed by atoms with Gasteiger partial charge in [0.05, 0.1) is 18.3 Å². The summed E-state index contributed by atoms with van der Waals surface area (Å²) in [5.41, 5.74) is 2.65. The van der Waals surface area contributed by atoms with E-state index in [0.29, 0.717) is 19.4 Å². The molecule has 1 aromatic heterocycles. The summed E-state index contributed by atoms with van der Waals surface area (Å²) >= 11 is 3.38. The number of nitrogens with one attached hydrogen (secondary N) is 1. The molecule has 0 spiro atoms. The number of nitrogens with zero attached hydrogens (tertiary/aromatic N) is 2. The summed E-state index contributed by atoms with van der Waals surface area (Å²) in [7, 11) is 0. The Morgan fingerprint density at radius 2 is 2.00 bits per heavy atom. The second-order valence-electron chi connectivity index (χ2n) is 5.78. The molecule has 1 aliphatic heterocycles. The van der Waals surface area contributed by atoms with Crippen molar-refractivity contribution in [2.24, 2.45) is 0 Å². The number of halogens is 1. The Hall–Kier alpha value is -2.21. The average molecular weight is 388 g/mol. The van der Waals surface area contributed by atoms with Gasteiger partial charge in [-0.2, -0.15) is 0 Å². The molecule has 0 bridgehead atoms. The molecule has 5 nitrogen and oxygen atoms in total. The first-order chi connectivity index (χ1) is 11.6. The Balaban J connectivity index is 1.57. The van der Waals surface area contributed by atoms with Crippen molar-refractivity contribution in [3.8, 4) is 0 Å². The summed E-state index contributed by atoms with van der Waals surface area (Å²) < 4.78 is 0.992. The van der Waals surface area contributed by atoms with Crippen LogP contribution in [0.15, 0.2) is 47.2 Å². The van der Waals surface area contributed by atoms with Crippen molar-refractivity contribution in [3.05, 3.63) is 58.3 Å². The first-order valence-electron chi connectivity index (χ1n) is 7.87. The second-order valence-corrected chi connectivity index (χ2v) is 6.70. The Bertz CT molecular complexity index is 746. The molecule has 1 N–H and O–H groups in total. The fourth-order valence-electron chi connectivity index (χ4n) is 2.69. The van der Waals surface area contributed by atoms with Gasteiger partial charge in [0, 0.05) is 30.2 Å². The normalized spacial score (nSPS) is 14.0. The van der Waals surface area contributed by atoms with Crippen LogP contribution in [0, 0.1) is 0 Å². The lowest BCUT2D eigenvalue weighted by atomic mass is 10.1. The number of carbonyl (C=O) groups excluding carboxylic acids is 2. The molecular formula is C18H18BrN3O2.